The number of aromatic carboxylic acids is 1. The lowest BCUT2D eigenvalue weighted by molar-refractivity contribution is -0.192. The van der Waals surface area contributed by atoms with Gasteiger partial charge < -0.3 is 14.9 Å². The van der Waals surface area contributed by atoms with Crippen molar-refractivity contribution in [2.24, 2.45) is 0 Å². The first kappa shape index (κ1) is 24.1. The molecule has 1 saturated heterocycles. The number of ether oxygens (including phenoxy) is 1. The van der Waals surface area contributed by atoms with E-state index in [1.807, 2.05) is 0 Å². The molecule has 28 heavy (non-hydrogen) atoms. The molecule has 1 fully saturated rings. The van der Waals surface area contributed by atoms with Crippen LogP contribution in [0, 0.1) is 0 Å². The zero-order valence-electron chi connectivity index (χ0n) is 14.7. The summed E-state index contributed by atoms with van der Waals surface area (Å²) < 4.78 is 62.1. The first-order valence-corrected chi connectivity index (χ1v) is 10.4. The van der Waals surface area contributed by atoms with Gasteiger partial charge in [0.15, 0.2) is 0 Å². The number of hydrogen-bond acceptors (Lipinski definition) is 7. The molecule has 0 aromatic carbocycles. The second-order valence-corrected chi connectivity index (χ2v) is 8.50. The summed E-state index contributed by atoms with van der Waals surface area (Å²) in [6.45, 7) is 3.77. The number of sulfonamides is 1. The average Bonchev–Trinajstić information content (AvgIpc) is 3.04. The minimum absolute atomic E-state index is 0.130. The van der Waals surface area contributed by atoms with Gasteiger partial charge in [0.2, 0.25) is 10.0 Å². The molecule has 1 aromatic heterocycles. The van der Waals surface area contributed by atoms with Crippen molar-refractivity contribution in [3.63, 3.8) is 0 Å². The molecule has 2 heterocycles. The fourth-order valence-electron chi connectivity index (χ4n) is 2.07. The summed E-state index contributed by atoms with van der Waals surface area (Å²) in [6, 6.07) is 2.96. The number of hydrogen-bond donors (Lipinski definition) is 2. The van der Waals surface area contributed by atoms with Crippen LogP contribution < -0.4 is 4.31 Å². The zero-order valence-corrected chi connectivity index (χ0v) is 16.3. The Kier molecular flexibility index (Phi) is 8.66. The van der Waals surface area contributed by atoms with Crippen molar-refractivity contribution in [2.45, 2.75) is 6.18 Å². The van der Waals surface area contributed by atoms with Gasteiger partial charge in [0.1, 0.15) is 9.88 Å². The van der Waals surface area contributed by atoms with Gasteiger partial charge in [-0.25, -0.2) is 18.0 Å². The topological polar surface area (TPSA) is 124 Å². The van der Waals surface area contributed by atoms with E-state index in [9.17, 15) is 26.4 Å². The van der Waals surface area contributed by atoms with E-state index in [0.717, 1.165) is 30.7 Å². The third-order valence-electron chi connectivity index (χ3n) is 3.41. The largest absolute Gasteiger partial charge is 0.490 e. The van der Waals surface area contributed by atoms with Crippen LogP contribution in [0.4, 0.5) is 18.2 Å². The van der Waals surface area contributed by atoms with Crippen LogP contribution in [-0.4, -0.2) is 87.3 Å². The molecule has 1 aliphatic heterocycles. The second-order valence-electron chi connectivity index (χ2n) is 5.54. The summed E-state index contributed by atoms with van der Waals surface area (Å²) in [5.74, 6) is -3.81. The number of halogens is 3. The second kappa shape index (κ2) is 10.0. The van der Waals surface area contributed by atoms with Gasteiger partial charge in [-0.3, -0.25) is 9.21 Å². The van der Waals surface area contributed by atoms with Crippen LogP contribution in [-0.2, 0) is 19.6 Å². The molecular formula is C14H19F3N2O7S2. The van der Waals surface area contributed by atoms with Crippen LogP contribution >= 0.6 is 11.3 Å². The Balaban J connectivity index is 0.000000480. The van der Waals surface area contributed by atoms with Crippen molar-refractivity contribution in [1.82, 2.24) is 4.90 Å². The molecule has 14 heteroatoms. The SMILES string of the molecule is CS(=O)(=O)N(CCN1CCOCC1)c1ccc(C(=O)O)s1.O=C(O)C(F)(F)F. The molecule has 0 amide bonds. The van der Waals surface area contributed by atoms with Crippen LogP contribution in [0.2, 0.25) is 0 Å². The molecular weight excluding hydrogens is 429 g/mol. The number of alkyl halides is 3. The van der Waals surface area contributed by atoms with Gasteiger partial charge in [-0.15, -0.1) is 11.3 Å². The zero-order chi connectivity index (χ0) is 21.5. The van der Waals surface area contributed by atoms with E-state index in [1.54, 1.807) is 0 Å². The molecule has 0 radical (unpaired) electrons. The highest BCUT2D eigenvalue weighted by atomic mass is 32.2. The van der Waals surface area contributed by atoms with Crippen LogP contribution in [0.5, 0.6) is 0 Å². The van der Waals surface area contributed by atoms with Crippen molar-refractivity contribution in [1.29, 1.82) is 0 Å². The van der Waals surface area contributed by atoms with Gasteiger partial charge >= 0.3 is 18.1 Å². The predicted molar refractivity (Wildman–Crippen MR) is 94.4 cm³/mol. The lowest BCUT2D eigenvalue weighted by Gasteiger charge is -2.29. The molecule has 1 aromatic rings. The minimum atomic E-state index is -5.08. The third-order valence-corrected chi connectivity index (χ3v) is 5.81. The maximum Gasteiger partial charge on any atom is 0.490 e. The standard InChI is InChI=1S/C12H18N2O5S2.C2HF3O2/c1-21(17,18)14(5-4-13-6-8-19-9-7-13)11-3-2-10(20-11)12(15)16;3-2(4,5)1(6)7/h2-3H,4-9H2,1H3,(H,15,16);(H,6,7). The number of morpholine rings is 1. The van der Waals surface area contributed by atoms with E-state index in [2.05, 4.69) is 4.90 Å². The number of carboxylic acid groups (broad SMARTS) is 2. The molecule has 0 aliphatic carbocycles. The highest BCUT2D eigenvalue weighted by Crippen LogP contribution is 2.27. The van der Waals surface area contributed by atoms with E-state index >= 15 is 0 Å². The number of anilines is 1. The first-order chi connectivity index (χ1) is 12.8. The first-order valence-electron chi connectivity index (χ1n) is 7.73. The van der Waals surface area contributed by atoms with Gasteiger partial charge in [0, 0.05) is 26.2 Å². The van der Waals surface area contributed by atoms with Crippen molar-refractivity contribution in [3.05, 3.63) is 17.0 Å². The van der Waals surface area contributed by atoms with Gasteiger partial charge in [0.25, 0.3) is 0 Å². The van der Waals surface area contributed by atoms with Crippen molar-refractivity contribution < 1.29 is 46.1 Å². The Morgan fingerprint density at radius 1 is 1.25 bits per heavy atom. The summed E-state index contributed by atoms with van der Waals surface area (Å²) in [4.78, 5) is 22.1. The Morgan fingerprint density at radius 3 is 2.18 bits per heavy atom. The quantitative estimate of drug-likeness (QED) is 0.665. The molecule has 0 atom stereocenters. The summed E-state index contributed by atoms with van der Waals surface area (Å²) in [6.07, 6.45) is -3.95. The molecule has 2 N–H and O–H groups in total. The number of aliphatic carboxylic acids is 1. The number of rotatable bonds is 6. The van der Waals surface area contributed by atoms with E-state index in [0.29, 0.717) is 31.3 Å². The Hall–Kier alpha value is -1.90. The Labute approximate surface area is 163 Å². The molecule has 0 spiro atoms. The number of carbonyl (C=O) groups is 2. The van der Waals surface area contributed by atoms with E-state index < -0.39 is 28.1 Å². The summed E-state index contributed by atoms with van der Waals surface area (Å²) in [5.41, 5.74) is 0. The molecule has 0 saturated carbocycles. The maximum absolute atomic E-state index is 11.9. The number of thiophene rings is 1. The smallest absolute Gasteiger partial charge is 0.477 e. The maximum atomic E-state index is 11.9. The minimum Gasteiger partial charge on any atom is -0.477 e. The van der Waals surface area contributed by atoms with E-state index in [-0.39, 0.29) is 4.88 Å². The summed E-state index contributed by atoms with van der Waals surface area (Å²) in [7, 11) is -3.44. The van der Waals surface area contributed by atoms with Gasteiger partial charge in [-0.1, -0.05) is 0 Å². The van der Waals surface area contributed by atoms with Gasteiger partial charge in [-0.2, -0.15) is 13.2 Å². The average molecular weight is 448 g/mol. The monoisotopic (exact) mass is 448 g/mol. The van der Waals surface area contributed by atoms with Crippen LogP contribution in [0.25, 0.3) is 0 Å². The normalized spacial score (nSPS) is 15.4. The predicted octanol–water partition coefficient (Wildman–Crippen LogP) is 1.18. The fraction of sp³-hybridized carbons (Fsp3) is 0.571. The number of nitrogens with zero attached hydrogens (tertiary/aromatic N) is 2. The highest BCUT2D eigenvalue weighted by molar-refractivity contribution is 7.92. The lowest BCUT2D eigenvalue weighted by atomic mass is 10.4. The molecule has 0 unspecified atom stereocenters. The van der Waals surface area contributed by atoms with Crippen molar-refractivity contribution in [3.8, 4) is 0 Å². The molecule has 2 rings (SSSR count). The van der Waals surface area contributed by atoms with Crippen LogP contribution in [0.15, 0.2) is 12.1 Å². The Morgan fingerprint density at radius 2 is 1.79 bits per heavy atom. The molecule has 160 valence electrons. The van der Waals surface area contributed by atoms with Crippen molar-refractivity contribution >= 4 is 38.3 Å². The Bertz CT molecular complexity index is 774. The van der Waals surface area contributed by atoms with Crippen molar-refractivity contribution in [2.75, 3.05) is 50.0 Å². The summed E-state index contributed by atoms with van der Waals surface area (Å²) >= 11 is 0.967. The number of carboxylic acids is 2. The molecule has 9 nitrogen and oxygen atoms in total. The van der Waals surface area contributed by atoms with E-state index in [1.165, 1.54) is 16.4 Å². The molecule has 1 aliphatic rings. The highest BCUT2D eigenvalue weighted by Gasteiger charge is 2.38. The summed E-state index contributed by atoms with van der Waals surface area (Å²) in [5, 5.41) is 16.5. The fourth-order valence-corrected chi connectivity index (χ4v) is 4.17. The van der Waals surface area contributed by atoms with Crippen LogP contribution in [0.1, 0.15) is 9.67 Å². The third kappa shape index (κ3) is 8.00. The lowest BCUT2D eigenvalue weighted by Crippen LogP contribution is -2.42. The van der Waals surface area contributed by atoms with Crippen LogP contribution in [0.3, 0.4) is 0 Å². The van der Waals surface area contributed by atoms with E-state index in [4.69, 9.17) is 19.7 Å². The van der Waals surface area contributed by atoms with Gasteiger partial charge in [-0.05, 0) is 12.1 Å². The molecule has 0 bridgehead atoms. The van der Waals surface area contributed by atoms with Gasteiger partial charge in [0.05, 0.1) is 19.5 Å².